The number of thiazole rings is 1. The smallest absolute Gasteiger partial charge is 0.0794 e. The molecule has 0 bridgehead atoms. The summed E-state index contributed by atoms with van der Waals surface area (Å²) in [5, 5.41) is 3.67. The third-order valence-electron chi connectivity index (χ3n) is 3.34. The lowest BCUT2D eigenvalue weighted by atomic mass is 9.96. The fraction of sp³-hybridized carbons (Fsp3) is 0.438. The summed E-state index contributed by atoms with van der Waals surface area (Å²) in [5.41, 5.74) is 6.02. The van der Waals surface area contributed by atoms with E-state index in [2.05, 4.69) is 49.3 Å². The SMILES string of the molecule is CCCNC(Cc1cncs1)c1cc(C)ccc1C. The second kappa shape index (κ2) is 6.83. The molecule has 1 aromatic heterocycles. The molecule has 1 N–H and O–H groups in total. The molecule has 2 rings (SSSR count). The van der Waals surface area contributed by atoms with Gasteiger partial charge in [-0.3, -0.25) is 4.98 Å². The van der Waals surface area contributed by atoms with Crippen LogP contribution in [0.15, 0.2) is 29.9 Å². The minimum Gasteiger partial charge on any atom is -0.310 e. The highest BCUT2D eigenvalue weighted by Crippen LogP contribution is 2.24. The molecule has 3 heteroatoms. The van der Waals surface area contributed by atoms with Gasteiger partial charge in [-0.15, -0.1) is 11.3 Å². The quantitative estimate of drug-likeness (QED) is 0.860. The molecule has 0 fully saturated rings. The van der Waals surface area contributed by atoms with E-state index in [1.165, 1.54) is 21.6 Å². The number of nitrogens with one attached hydrogen (secondary N) is 1. The summed E-state index contributed by atoms with van der Waals surface area (Å²) in [4.78, 5) is 5.52. The van der Waals surface area contributed by atoms with Crippen LogP contribution in [0.2, 0.25) is 0 Å². The third-order valence-corrected chi connectivity index (χ3v) is 4.14. The van der Waals surface area contributed by atoms with Crippen LogP contribution in [0, 0.1) is 13.8 Å². The molecule has 0 saturated carbocycles. The Morgan fingerprint density at radius 1 is 1.32 bits per heavy atom. The van der Waals surface area contributed by atoms with Gasteiger partial charge >= 0.3 is 0 Å². The van der Waals surface area contributed by atoms with E-state index in [1.54, 1.807) is 11.3 Å². The summed E-state index contributed by atoms with van der Waals surface area (Å²) >= 11 is 1.74. The number of rotatable bonds is 6. The Bertz CT molecular complexity index is 505. The molecule has 1 heterocycles. The Balaban J connectivity index is 2.23. The molecule has 0 aliphatic carbocycles. The maximum atomic E-state index is 4.18. The largest absolute Gasteiger partial charge is 0.310 e. The van der Waals surface area contributed by atoms with E-state index in [0.29, 0.717) is 6.04 Å². The van der Waals surface area contributed by atoms with Gasteiger partial charge in [0.2, 0.25) is 0 Å². The van der Waals surface area contributed by atoms with E-state index >= 15 is 0 Å². The van der Waals surface area contributed by atoms with Crippen molar-refractivity contribution in [2.24, 2.45) is 0 Å². The molecular weight excluding hydrogens is 252 g/mol. The van der Waals surface area contributed by atoms with Gasteiger partial charge in [-0.1, -0.05) is 30.7 Å². The Morgan fingerprint density at radius 3 is 2.84 bits per heavy atom. The van der Waals surface area contributed by atoms with Crippen LogP contribution >= 0.6 is 11.3 Å². The number of hydrogen-bond donors (Lipinski definition) is 1. The van der Waals surface area contributed by atoms with Crippen LogP contribution in [0.1, 0.15) is 41.0 Å². The first-order chi connectivity index (χ1) is 9.20. The molecule has 19 heavy (non-hydrogen) atoms. The summed E-state index contributed by atoms with van der Waals surface area (Å²) < 4.78 is 0. The fourth-order valence-corrected chi connectivity index (χ4v) is 2.93. The normalized spacial score (nSPS) is 12.6. The first kappa shape index (κ1) is 14.2. The first-order valence-electron chi connectivity index (χ1n) is 6.88. The average molecular weight is 274 g/mol. The summed E-state index contributed by atoms with van der Waals surface area (Å²) in [6.07, 6.45) is 4.16. The summed E-state index contributed by atoms with van der Waals surface area (Å²) in [6, 6.07) is 7.10. The van der Waals surface area contributed by atoms with Crippen molar-refractivity contribution >= 4 is 11.3 Å². The summed E-state index contributed by atoms with van der Waals surface area (Å²) in [5.74, 6) is 0. The zero-order valence-corrected chi connectivity index (χ0v) is 12.8. The van der Waals surface area contributed by atoms with E-state index in [4.69, 9.17) is 0 Å². The maximum absolute atomic E-state index is 4.18. The van der Waals surface area contributed by atoms with Crippen molar-refractivity contribution in [3.05, 3.63) is 51.5 Å². The standard InChI is InChI=1S/C16H22N2S/c1-4-7-18-16(9-14-10-17-11-19-14)15-8-12(2)5-6-13(15)3/h5-6,8,10-11,16,18H,4,7,9H2,1-3H3. The van der Waals surface area contributed by atoms with E-state index in [9.17, 15) is 0 Å². The van der Waals surface area contributed by atoms with E-state index in [-0.39, 0.29) is 0 Å². The van der Waals surface area contributed by atoms with Gasteiger partial charge in [-0.25, -0.2) is 0 Å². The van der Waals surface area contributed by atoms with Crippen LogP contribution in [0.3, 0.4) is 0 Å². The highest BCUT2D eigenvalue weighted by molar-refractivity contribution is 7.09. The highest BCUT2D eigenvalue weighted by Gasteiger charge is 2.14. The Morgan fingerprint density at radius 2 is 2.16 bits per heavy atom. The van der Waals surface area contributed by atoms with E-state index < -0.39 is 0 Å². The maximum Gasteiger partial charge on any atom is 0.0794 e. The van der Waals surface area contributed by atoms with Gasteiger partial charge in [0.05, 0.1) is 5.51 Å². The van der Waals surface area contributed by atoms with Crippen LogP contribution in [0.5, 0.6) is 0 Å². The molecule has 0 saturated heterocycles. The minimum absolute atomic E-state index is 0.389. The molecule has 1 atom stereocenters. The number of hydrogen-bond acceptors (Lipinski definition) is 3. The van der Waals surface area contributed by atoms with Crippen LogP contribution in [-0.2, 0) is 6.42 Å². The minimum atomic E-state index is 0.389. The van der Waals surface area contributed by atoms with E-state index in [1.807, 2.05) is 11.7 Å². The lowest BCUT2D eigenvalue weighted by molar-refractivity contribution is 0.529. The van der Waals surface area contributed by atoms with Gasteiger partial charge in [0.1, 0.15) is 0 Å². The summed E-state index contributed by atoms with van der Waals surface area (Å²) in [6.45, 7) is 7.62. The summed E-state index contributed by atoms with van der Waals surface area (Å²) in [7, 11) is 0. The zero-order chi connectivity index (χ0) is 13.7. The Kier molecular flexibility index (Phi) is 5.11. The van der Waals surface area contributed by atoms with Gasteiger partial charge in [-0.2, -0.15) is 0 Å². The molecule has 0 radical (unpaired) electrons. The number of benzene rings is 1. The van der Waals surface area contributed by atoms with Crippen molar-refractivity contribution in [1.82, 2.24) is 10.3 Å². The Labute approximate surface area is 119 Å². The molecule has 102 valence electrons. The van der Waals surface area contributed by atoms with Crippen LogP contribution in [-0.4, -0.2) is 11.5 Å². The first-order valence-corrected chi connectivity index (χ1v) is 7.76. The van der Waals surface area contributed by atoms with Crippen molar-refractivity contribution in [3.63, 3.8) is 0 Å². The molecular formula is C16H22N2S. The molecule has 2 aromatic rings. The zero-order valence-electron chi connectivity index (χ0n) is 11.9. The molecule has 0 amide bonds. The van der Waals surface area contributed by atoms with Gasteiger partial charge in [-0.05, 0) is 37.9 Å². The van der Waals surface area contributed by atoms with E-state index in [0.717, 1.165) is 19.4 Å². The van der Waals surface area contributed by atoms with Crippen molar-refractivity contribution < 1.29 is 0 Å². The monoisotopic (exact) mass is 274 g/mol. The predicted octanol–water partition coefficient (Wildman–Crippen LogP) is 4.04. The van der Waals surface area contributed by atoms with Gasteiger partial charge in [0.15, 0.2) is 0 Å². The van der Waals surface area contributed by atoms with Crippen molar-refractivity contribution in [3.8, 4) is 0 Å². The predicted molar refractivity (Wildman–Crippen MR) is 82.8 cm³/mol. The lowest BCUT2D eigenvalue weighted by Gasteiger charge is -2.21. The molecule has 1 aromatic carbocycles. The second-order valence-corrected chi connectivity index (χ2v) is 6.01. The Hall–Kier alpha value is -1.19. The molecule has 2 nitrogen and oxygen atoms in total. The topological polar surface area (TPSA) is 24.9 Å². The molecule has 0 spiro atoms. The lowest BCUT2D eigenvalue weighted by Crippen LogP contribution is -2.24. The fourth-order valence-electron chi connectivity index (χ4n) is 2.29. The average Bonchev–Trinajstić information content (AvgIpc) is 2.90. The number of aromatic nitrogens is 1. The molecule has 0 aliphatic rings. The highest BCUT2D eigenvalue weighted by atomic mass is 32.1. The van der Waals surface area contributed by atoms with Crippen LogP contribution in [0.4, 0.5) is 0 Å². The van der Waals surface area contributed by atoms with Crippen molar-refractivity contribution in [1.29, 1.82) is 0 Å². The van der Waals surface area contributed by atoms with Gasteiger partial charge in [0, 0.05) is 23.5 Å². The van der Waals surface area contributed by atoms with Crippen LogP contribution < -0.4 is 5.32 Å². The van der Waals surface area contributed by atoms with Crippen molar-refractivity contribution in [2.45, 2.75) is 39.7 Å². The molecule has 1 unspecified atom stereocenters. The number of nitrogens with zero attached hydrogens (tertiary/aromatic N) is 1. The van der Waals surface area contributed by atoms with Gasteiger partial charge in [0.25, 0.3) is 0 Å². The van der Waals surface area contributed by atoms with Crippen molar-refractivity contribution in [2.75, 3.05) is 6.54 Å². The second-order valence-electron chi connectivity index (χ2n) is 5.04. The number of aryl methyl sites for hydroxylation is 2. The van der Waals surface area contributed by atoms with Gasteiger partial charge < -0.3 is 5.32 Å². The third kappa shape index (κ3) is 3.88. The van der Waals surface area contributed by atoms with Crippen LogP contribution in [0.25, 0.3) is 0 Å². The molecule has 0 aliphatic heterocycles.